The quantitative estimate of drug-likeness (QED) is 0.328. The van der Waals surface area contributed by atoms with Crippen molar-refractivity contribution in [3.63, 3.8) is 0 Å². The van der Waals surface area contributed by atoms with Crippen molar-refractivity contribution in [1.82, 2.24) is 15.8 Å². The van der Waals surface area contributed by atoms with Gasteiger partial charge in [0.15, 0.2) is 17.3 Å². The molecule has 0 aliphatic heterocycles. The fourth-order valence-corrected chi connectivity index (χ4v) is 1.49. The second-order valence-corrected chi connectivity index (χ2v) is 4.29. The van der Waals surface area contributed by atoms with Crippen LogP contribution in [0, 0.1) is 3.57 Å². The first-order valence-corrected chi connectivity index (χ1v) is 5.61. The van der Waals surface area contributed by atoms with Gasteiger partial charge in [0.2, 0.25) is 0 Å². The molecule has 2 aromatic rings. The molecule has 88 valence electrons. The maximum atomic E-state index is 8.99. The number of aliphatic imine (C=N–C) groups is 1. The van der Waals surface area contributed by atoms with Crippen molar-refractivity contribution >= 4 is 39.9 Å². The van der Waals surface area contributed by atoms with E-state index in [0.717, 1.165) is 3.57 Å². The summed E-state index contributed by atoms with van der Waals surface area (Å²) in [5.74, 6) is 0.126. The first-order chi connectivity index (χ1) is 8.20. The molecule has 1 aromatic heterocycles. The average molecular weight is 345 g/mol. The highest BCUT2D eigenvalue weighted by molar-refractivity contribution is 14.1. The van der Waals surface area contributed by atoms with Crippen molar-refractivity contribution < 1.29 is 9.84 Å². The van der Waals surface area contributed by atoms with Gasteiger partial charge >= 0.3 is 0 Å². The molecule has 0 saturated heterocycles. The number of hydroxylamine groups is 1. The number of anilines is 1. The minimum absolute atomic E-state index is 0.0517. The maximum Gasteiger partial charge on any atom is 0.199 e. The zero-order chi connectivity index (χ0) is 12.3. The average Bonchev–Trinajstić information content (AvgIpc) is 2.75. The number of hydrogen-bond acceptors (Lipinski definition) is 6. The molecular formula is C9H8IN5O2. The zero-order valence-corrected chi connectivity index (χ0v) is 10.6. The summed E-state index contributed by atoms with van der Waals surface area (Å²) in [5.41, 5.74) is 8.21. The van der Waals surface area contributed by atoms with Gasteiger partial charge in [-0.2, -0.15) is 0 Å². The minimum atomic E-state index is 0.0517. The second-order valence-electron chi connectivity index (χ2n) is 3.05. The number of aromatic nitrogens is 2. The fraction of sp³-hybridized carbons (Fsp3) is 0. The molecule has 0 atom stereocenters. The highest BCUT2D eigenvalue weighted by Crippen LogP contribution is 2.16. The summed E-state index contributed by atoms with van der Waals surface area (Å²) in [4.78, 5) is 4.13. The van der Waals surface area contributed by atoms with E-state index in [4.69, 9.17) is 10.9 Å². The number of nitrogen functional groups attached to an aromatic ring is 1. The molecule has 0 saturated carbocycles. The van der Waals surface area contributed by atoms with E-state index in [0.29, 0.717) is 5.69 Å². The number of nitrogens with one attached hydrogen (secondary N) is 1. The van der Waals surface area contributed by atoms with E-state index in [9.17, 15) is 0 Å². The molecule has 0 radical (unpaired) electrons. The first-order valence-electron chi connectivity index (χ1n) is 4.53. The van der Waals surface area contributed by atoms with Gasteiger partial charge in [-0.25, -0.2) is 9.62 Å². The van der Waals surface area contributed by atoms with Crippen LogP contribution in [0.4, 0.5) is 11.5 Å². The summed E-state index contributed by atoms with van der Waals surface area (Å²) >= 11 is 2.18. The van der Waals surface area contributed by atoms with E-state index in [1.165, 1.54) is 0 Å². The lowest BCUT2D eigenvalue weighted by molar-refractivity contribution is 0.234. The minimum Gasteiger partial charge on any atom is -0.379 e. The van der Waals surface area contributed by atoms with Crippen LogP contribution in [0.25, 0.3) is 0 Å². The Kier molecular flexibility index (Phi) is 3.54. The van der Waals surface area contributed by atoms with Crippen LogP contribution in [0.5, 0.6) is 0 Å². The van der Waals surface area contributed by atoms with Crippen molar-refractivity contribution in [2.45, 2.75) is 0 Å². The van der Waals surface area contributed by atoms with Crippen molar-refractivity contribution in [2.24, 2.45) is 4.99 Å². The van der Waals surface area contributed by atoms with Gasteiger partial charge in [0.25, 0.3) is 0 Å². The molecule has 1 heterocycles. The van der Waals surface area contributed by atoms with Gasteiger partial charge in [-0.15, -0.1) is 0 Å². The van der Waals surface area contributed by atoms with Crippen LogP contribution < -0.4 is 11.2 Å². The standard InChI is InChI=1S/C9H8IN5O2/c10-5-1-3-6(4-2-5)12-9(13-16)7-8(11)15-17-14-7/h1-4,16H,(H2,11,15)(H,12,13). The third kappa shape index (κ3) is 2.71. The van der Waals surface area contributed by atoms with Crippen molar-refractivity contribution in [3.8, 4) is 0 Å². The molecule has 0 amide bonds. The Bertz CT molecular complexity index is 537. The van der Waals surface area contributed by atoms with Crippen LogP contribution in [0.15, 0.2) is 33.9 Å². The lowest BCUT2D eigenvalue weighted by Gasteiger charge is -2.01. The Morgan fingerprint density at radius 3 is 2.59 bits per heavy atom. The van der Waals surface area contributed by atoms with E-state index < -0.39 is 0 Å². The van der Waals surface area contributed by atoms with Crippen LogP contribution >= 0.6 is 22.6 Å². The SMILES string of the molecule is Nc1nonc1C(=Nc1ccc(I)cc1)NO. The first kappa shape index (κ1) is 11.8. The molecule has 4 N–H and O–H groups in total. The highest BCUT2D eigenvalue weighted by Gasteiger charge is 2.13. The van der Waals surface area contributed by atoms with E-state index in [1.54, 1.807) is 12.1 Å². The van der Waals surface area contributed by atoms with Gasteiger partial charge < -0.3 is 5.73 Å². The predicted molar refractivity (Wildman–Crippen MR) is 69.0 cm³/mol. The molecular weight excluding hydrogens is 337 g/mol. The summed E-state index contributed by atoms with van der Waals surface area (Å²) in [6, 6.07) is 7.36. The molecule has 0 aliphatic rings. The van der Waals surface area contributed by atoms with Gasteiger partial charge in [-0.3, -0.25) is 10.7 Å². The molecule has 8 heteroatoms. The van der Waals surface area contributed by atoms with Gasteiger partial charge in [0.05, 0.1) is 5.69 Å². The molecule has 1 aromatic carbocycles. The molecule has 0 aliphatic carbocycles. The molecule has 0 unspecified atom stereocenters. The Balaban J connectivity index is 2.36. The third-order valence-electron chi connectivity index (χ3n) is 1.91. The summed E-state index contributed by atoms with van der Waals surface area (Å²) in [6.07, 6.45) is 0. The summed E-state index contributed by atoms with van der Waals surface area (Å²) in [5, 5.41) is 15.9. The molecule has 7 nitrogen and oxygen atoms in total. The van der Waals surface area contributed by atoms with Gasteiger partial charge in [-0.1, -0.05) is 0 Å². The Morgan fingerprint density at radius 1 is 1.35 bits per heavy atom. The summed E-state index contributed by atoms with van der Waals surface area (Å²) < 4.78 is 5.51. The number of hydrogen-bond donors (Lipinski definition) is 3. The smallest absolute Gasteiger partial charge is 0.199 e. The summed E-state index contributed by atoms with van der Waals surface area (Å²) in [6.45, 7) is 0. The molecule has 0 fully saturated rings. The number of amidine groups is 1. The van der Waals surface area contributed by atoms with Crippen molar-refractivity contribution in [3.05, 3.63) is 33.5 Å². The second kappa shape index (κ2) is 5.10. The van der Waals surface area contributed by atoms with E-state index in [1.807, 2.05) is 17.6 Å². The Morgan fingerprint density at radius 2 is 2.06 bits per heavy atom. The lowest BCUT2D eigenvalue weighted by atomic mass is 10.3. The topological polar surface area (TPSA) is 110 Å². The lowest BCUT2D eigenvalue weighted by Crippen LogP contribution is -2.21. The van der Waals surface area contributed by atoms with Crippen molar-refractivity contribution in [2.75, 3.05) is 5.73 Å². The van der Waals surface area contributed by atoms with Crippen LogP contribution in [0.1, 0.15) is 5.69 Å². The molecule has 0 spiro atoms. The normalized spacial score (nSPS) is 11.5. The third-order valence-corrected chi connectivity index (χ3v) is 2.63. The molecule has 2 rings (SSSR count). The van der Waals surface area contributed by atoms with E-state index in [2.05, 4.69) is 42.5 Å². The zero-order valence-electron chi connectivity index (χ0n) is 8.46. The van der Waals surface area contributed by atoms with Crippen LogP contribution in [-0.4, -0.2) is 21.4 Å². The number of nitrogens with two attached hydrogens (primary N) is 1. The number of nitrogens with zero attached hydrogens (tertiary/aromatic N) is 3. The van der Waals surface area contributed by atoms with Gasteiger partial charge in [-0.05, 0) is 57.2 Å². The largest absolute Gasteiger partial charge is 0.379 e. The van der Waals surface area contributed by atoms with E-state index in [-0.39, 0.29) is 17.3 Å². The van der Waals surface area contributed by atoms with Gasteiger partial charge in [0.1, 0.15) is 0 Å². The predicted octanol–water partition coefficient (Wildman–Crippen LogP) is 1.31. The van der Waals surface area contributed by atoms with E-state index >= 15 is 0 Å². The number of halogens is 1. The Labute approximate surface area is 110 Å². The number of benzene rings is 1. The molecule has 17 heavy (non-hydrogen) atoms. The maximum absolute atomic E-state index is 8.99. The Hall–Kier alpha value is -1.68. The highest BCUT2D eigenvalue weighted by atomic mass is 127. The van der Waals surface area contributed by atoms with Gasteiger partial charge in [0, 0.05) is 3.57 Å². The fourth-order valence-electron chi connectivity index (χ4n) is 1.14. The van der Waals surface area contributed by atoms with Crippen molar-refractivity contribution in [1.29, 1.82) is 0 Å². The van der Waals surface area contributed by atoms with Crippen LogP contribution in [0.2, 0.25) is 0 Å². The molecule has 0 bridgehead atoms. The number of rotatable bonds is 2. The van der Waals surface area contributed by atoms with Crippen LogP contribution in [0.3, 0.4) is 0 Å². The monoisotopic (exact) mass is 345 g/mol. The summed E-state index contributed by atoms with van der Waals surface area (Å²) in [7, 11) is 0. The van der Waals surface area contributed by atoms with Crippen LogP contribution in [-0.2, 0) is 0 Å².